The topological polar surface area (TPSA) is 133 Å². The molecule has 2 unspecified atom stereocenters. The number of unbranched alkanes of at least 4 members (excludes halogenated alkanes) is 8. The molecule has 352 valence electrons. The molecule has 10 nitrogen and oxygen atoms in total. The number of nitrogens with one attached hydrogen (secondary N) is 2. The predicted octanol–water partition coefficient (Wildman–Crippen LogP) is 11.8. The molecule has 4 aromatic rings. The van der Waals surface area contributed by atoms with Crippen LogP contribution >= 0.6 is 23.5 Å². The largest absolute Gasteiger partial charge is 0.341 e. The zero-order chi connectivity index (χ0) is 47.6. The summed E-state index contributed by atoms with van der Waals surface area (Å²) in [4.78, 5) is 75.2. The number of hydrogen-bond acceptors (Lipinski definition) is 8. The zero-order valence-corrected chi connectivity index (χ0v) is 41.3. The van der Waals surface area contributed by atoms with E-state index in [1.54, 1.807) is 0 Å². The molecule has 2 atom stereocenters. The molecule has 0 saturated carbocycles. The molecule has 0 aromatic heterocycles. The van der Waals surface area contributed by atoms with E-state index in [4.69, 9.17) is 0 Å². The molecule has 6 amide bonds. The molecule has 0 aliphatic carbocycles. The van der Waals surface area contributed by atoms with Gasteiger partial charge in [0.15, 0.2) is 0 Å². The zero-order valence-electron chi connectivity index (χ0n) is 39.7. The van der Waals surface area contributed by atoms with Gasteiger partial charge in [-0.05, 0) is 107 Å². The highest BCUT2D eigenvalue weighted by molar-refractivity contribution is 8.15. The highest BCUT2D eigenvalue weighted by Crippen LogP contribution is 2.30. The first-order chi connectivity index (χ1) is 31.7. The lowest BCUT2D eigenvalue weighted by atomic mass is 9.95. The third-order valence-corrected chi connectivity index (χ3v) is 14.1. The molecule has 2 aliphatic rings. The lowest BCUT2D eigenvalue weighted by Gasteiger charge is -2.18. The molecule has 12 heteroatoms. The average Bonchev–Trinajstić information content (AvgIpc) is 3.79. The molecule has 2 aliphatic heterocycles. The third-order valence-electron chi connectivity index (χ3n) is 12.2. The molecule has 2 fully saturated rings. The SMILES string of the molecule is CCCCCCCC(=O)N(C)Cc1cccc(-c2ccc(CC3SC(=O)NC3=O)c(C)c2)c1.CCCCCCCC(=O)N(C)Cc1cccc(-c2ccc(CC3SC(=O)NC3=O)cc2C)c1. The van der Waals surface area contributed by atoms with E-state index in [-0.39, 0.29) is 44.6 Å². The van der Waals surface area contributed by atoms with E-state index < -0.39 is 0 Å². The number of carbonyl (C=O) groups is 6. The minimum absolute atomic E-state index is 0.199. The smallest absolute Gasteiger partial charge is 0.286 e. The van der Waals surface area contributed by atoms with Crippen LogP contribution < -0.4 is 10.6 Å². The number of rotatable bonds is 22. The summed E-state index contributed by atoms with van der Waals surface area (Å²) in [5.41, 5.74) is 11.0. The Morgan fingerprint density at radius 2 is 1.03 bits per heavy atom. The highest BCUT2D eigenvalue weighted by atomic mass is 32.2. The van der Waals surface area contributed by atoms with E-state index in [1.807, 2.05) is 55.1 Å². The van der Waals surface area contributed by atoms with Crippen molar-refractivity contribution in [3.8, 4) is 22.3 Å². The Kier molecular flexibility index (Phi) is 20.6. The van der Waals surface area contributed by atoms with Gasteiger partial charge in [0.1, 0.15) is 0 Å². The molecular formula is C54H68N4O6S2. The van der Waals surface area contributed by atoms with Crippen molar-refractivity contribution in [1.82, 2.24) is 20.4 Å². The minimum Gasteiger partial charge on any atom is -0.341 e. The van der Waals surface area contributed by atoms with E-state index in [2.05, 4.69) is 92.1 Å². The highest BCUT2D eigenvalue weighted by Gasteiger charge is 2.32. The number of amides is 6. The lowest BCUT2D eigenvalue weighted by molar-refractivity contribution is -0.131. The number of carbonyl (C=O) groups excluding carboxylic acids is 6. The Hall–Kier alpha value is -5.20. The van der Waals surface area contributed by atoms with Gasteiger partial charge in [-0.15, -0.1) is 0 Å². The van der Waals surface area contributed by atoms with E-state index in [0.29, 0.717) is 38.8 Å². The summed E-state index contributed by atoms with van der Waals surface area (Å²) in [6.45, 7) is 9.69. The lowest BCUT2D eigenvalue weighted by Crippen LogP contribution is -2.25. The second-order valence-electron chi connectivity index (χ2n) is 17.7. The van der Waals surface area contributed by atoms with Crippen molar-refractivity contribution in [2.75, 3.05) is 14.1 Å². The normalized spacial score (nSPS) is 15.5. The van der Waals surface area contributed by atoms with Crippen molar-refractivity contribution in [2.45, 2.75) is 141 Å². The van der Waals surface area contributed by atoms with Gasteiger partial charge in [0.2, 0.25) is 23.6 Å². The summed E-state index contributed by atoms with van der Waals surface area (Å²) in [6.07, 6.45) is 13.8. The first kappa shape index (κ1) is 51.8. The van der Waals surface area contributed by atoms with Gasteiger partial charge in [-0.3, -0.25) is 39.4 Å². The quantitative estimate of drug-likeness (QED) is 0.0745. The van der Waals surface area contributed by atoms with Crippen LogP contribution in [0.25, 0.3) is 22.3 Å². The van der Waals surface area contributed by atoms with Gasteiger partial charge in [0.05, 0.1) is 10.5 Å². The number of nitrogens with zero attached hydrogens (tertiary/aromatic N) is 2. The predicted molar refractivity (Wildman–Crippen MR) is 270 cm³/mol. The van der Waals surface area contributed by atoms with Crippen molar-refractivity contribution in [3.63, 3.8) is 0 Å². The van der Waals surface area contributed by atoms with E-state index >= 15 is 0 Å². The fraction of sp³-hybridized carbons (Fsp3) is 0.444. The van der Waals surface area contributed by atoms with Crippen LogP contribution in [0, 0.1) is 13.8 Å². The van der Waals surface area contributed by atoms with Crippen LogP contribution in [0.1, 0.15) is 124 Å². The fourth-order valence-corrected chi connectivity index (χ4v) is 10.0. The van der Waals surface area contributed by atoms with Gasteiger partial charge < -0.3 is 9.80 Å². The molecule has 2 heterocycles. The van der Waals surface area contributed by atoms with Crippen molar-refractivity contribution < 1.29 is 28.8 Å². The maximum absolute atomic E-state index is 12.5. The number of hydrogen-bond donors (Lipinski definition) is 2. The summed E-state index contributed by atoms with van der Waals surface area (Å²) in [5.74, 6) is -0.0194. The van der Waals surface area contributed by atoms with Crippen LogP contribution in [0.15, 0.2) is 84.9 Å². The summed E-state index contributed by atoms with van der Waals surface area (Å²) < 4.78 is 0. The maximum atomic E-state index is 12.5. The van der Waals surface area contributed by atoms with Crippen LogP contribution in [0.4, 0.5) is 9.59 Å². The van der Waals surface area contributed by atoms with Crippen LogP contribution in [-0.4, -0.2) is 68.5 Å². The Morgan fingerprint density at radius 1 is 0.530 bits per heavy atom. The second kappa shape index (κ2) is 26.2. The number of benzene rings is 4. The van der Waals surface area contributed by atoms with Crippen LogP contribution in [-0.2, 0) is 45.1 Å². The van der Waals surface area contributed by atoms with Crippen molar-refractivity contribution in [1.29, 1.82) is 0 Å². The maximum Gasteiger partial charge on any atom is 0.286 e. The second-order valence-corrected chi connectivity index (χ2v) is 20.0. The number of imide groups is 2. The van der Waals surface area contributed by atoms with Crippen LogP contribution in [0.5, 0.6) is 0 Å². The number of thioether (sulfide) groups is 2. The monoisotopic (exact) mass is 932 g/mol. The molecule has 0 radical (unpaired) electrons. The molecule has 2 saturated heterocycles. The van der Waals surface area contributed by atoms with Crippen molar-refractivity contribution in [3.05, 3.63) is 118 Å². The van der Waals surface area contributed by atoms with Gasteiger partial charge in [0, 0.05) is 40.0 Å². The van der Waals surface area contributed by atoms with Gasteiger partial charge in [0.25, 0.3) is 10.5 Å². The summed E-state index contributed by atoms with van der Waals surface area (Å²) in [7, 11) is 3.75. The van der Waals surface area contributed by atoms with Crippen molar-refractivity contribution in [2.24, 2.45) is 0 Å². The van der Waals surface area contributed by atoms with E-state index in [0.717, 1.165) is 105 Å². The first-order valence-corrected chi connectivity index (χ1v) is 25.4. The third kappa shape index (κ3) is 16.0. The summed E-state index contributed by atoms with van der Waals surface area (Å²) in [6, 6.07) is 29.0. The van der Waals surface area contributed by atoms with Crippen molar-refractivity contribution >= 4 is 57.6 Å². The minimum atomic E-state index is -0.356. The number of aryl methyl sites for hydroxylation is 2. The molecule has 0 spiro atoms. The summed E-state index contributed by atoms with van der Waals surface area (Å²) in [5, 5.41) is 3.45. The molecule has 4 aromatic carbocycles. The summed E-state index contributed by atoms with van der Waals surface area (Å²) >= 11 is 2.13. The van der Waals surface area contributed by atoms with Gasteiger partial charge in [-0.1, -0.05) is 162 Å². The Labute approximate surface area is 400 Å². The Balaban J connectivity index is 0.000000247. The van der Waals surface area contributed by atoms with E-state index in [9.17, 15) is 28.8 Å². The average molecular weight is 933 g/mol. The Bertz CT molecular complexity index is 2330. The van der Waals surface area contributed by atoms with Gasteiger partial charge >= 0.3 is 0 Å². The Morgan fingerprint density at radius 3 is 1.53 bits per heavy atom. The van der Waals surface area contributed by atoms with Crippen LogP contribution in [0.3, 0.4) is 0 Å². The first-order valence-electron chi connectivity index (χ1n) is 23.6. The van der Waals surface area contributed by atoms with Crippen LogP contribution in [0.2, 0.25) is 0 Å². The fourth-order valence-electron chi connectivity index (χ4n) is 8.30. The molecule has 66 heavy (non-hydrogen) atoms. The molecular weight excluding hydrogens is 865 g/mol. The molecule has 6 rings (SSSR count). The molecule has 0 bridgehead atoms. The van der Waals surface area contributed by atoms with Gasteiger partial charge in [-0.25, -0.2) is 0 Å². The van der Waals surface area contributed by atoms with Gasteiger partial charge in [-0.2, -0.15) is 0 Å². The molecule has 2 N–H and O–H groups in total. The standard InChI is InChI=1S/2C27H34N2O3S/c1-4-5-6-7-8-12-25(30)29(3)18-21-10-9-11-22(16-21)23-14-13-20(15-19(23)2)17-24-26(31)28-27(32)33-24;1-4-5-6-7-8-12-25(30)29(3)18-20-10-9-11-22(16-20)23-14-13-21(19(2)15-23)17-24-26(31)28-27(32)33-24/h2*9-11,13-16,24H,4-8,12,17-18H2,1-3H3,(H,28,31,32). The van der Waals surface area contributed by atoms with E-state index in [1.165, 1.54) is 38.5 Å².